The van der Waals surface area contributed by atoms with E-state index in [-0.39, 0.29) is 5.82 Å². The zero-order chi connectivity index (χ0) is 25.6. The molecule has 0 aliphatic rings. The maximum absolute atomic E-state index is 12.9. The smallest absolute Gasteiger partial charge is 0.343 e. The zero-order valence-corrected chi connectivity index (χ0v) is 19.8. The predicted octanol–water partition coefficient (Wildman–Crippen LogP) is 5.94. The quantitative estimate of drug-likeness (QED) is 0.0793. The fourth-order valence-corrected chi connectivity index (χ4v) is 3.18. The molecule has 3 aromatic rings. The SMILES string of the molecule is C=CC(=O)OCCCCCc1ccc(C(=O)Oc2ccc(/C=N/N=C/c3ccc(F)cc3)cc2)cc1. The summed E-state index contributed by atoms with van der Waals surface area (Å²) in [4.78, 5) is 23.4. The minimum atomic E-state index is -0.434. The van der Waals surface area contributed by atoms with Crippen LogP contribution in [0.15, 0.2) is 95.7 Å². The van der Waals surface area contributed by atoms with Crippen LogP contribution in [0.25, 0.3) is 0 Å². The summed E-state index contributed by atoms with van der Waals surface area (Å²) < 4.78 is 23.3. The predicted molar refractivity (Wildman–Crippen MR) is 138 cm³/mol. The van der Waals surface area contributed by atoms with Gasteiger partial charge in [0.05, 0.1) is 24.6 Å². The van der Waals surface area contributed by atoms with Crippen molar-refractivity contribution in [2.24, 2.45) is 10.2 Å². The van der Waals surface area contributed by atoms with Gasteiger partial charge in [0.15, 0.2) is 0 Å². The van der Waals surface area contributed by atoms with Crippen molar-refractivity contribution in [2.45, 2.75) is 25.7 Å². The van der Waals surface area contributed by atoms with E-state index in [0.717, 1.165) is 48.4 Å². The number of carbonyl (C=O) groups excluding carboxylic acids is 2. The molecular weight excluding hydrogens is 459 g/mol. The number of unbranched alkanes of at least 4 members (excludes halogenated alkanes) is 2. The lowest BCUT2D eigenvalue weighted by molar-refractivity contribution is -0.137. The highest BCUT2D eigenvalue weighted by Gasteiger charge is 2.08. The number of hydrogen-bond donors (Lipinski definition) is 0. The van der Waals surface area contributed by atoms with Gasteiger partial charge in [0, 0.05) is 6.08 Å². The first kappa shape index (κ1) is 26.2. The second-order valence-electron chi connectivity index (χ2n) is 7.88. The van der Waals surface area contributed by atoms with Gasteiger partial charge in [-0.05, 0) is 90.9 Å². The third kappa shape index (κ3) is 9.10. The minimum absolute atomic E-state index is 0.303. The van der Waals surface area contributed by atoms with Gasteiger partial charge in [-0.2, -0.15) is 10.2 Å². The van der Waals surface area contributed by atoms with Crippen molar-refractivity contribution in [3.8, 4) is 5.75 Å². The van der Waals surface area contributed by atoms with Gasteiger partial charge in [-0.1, -0.05) is 30.8 Å². The fourth-order valence-electron chi connectivity index (χ4n) is 3.18. The summed E-state index contributed by atoms with van der Waals surface area (Å²) in [5.74, 6) is -0.710. The molecule has 0 aliphatic heterocycles. The van der Waals surface area contributed by atoms with Gasteiger partial charge in [0.2, 0.25) is 0 Å². The molecule has 0 aromatic heterocycles. The van der Waals surface area contributed by atoms with Crippen molar-refractivity contribution in [3.63, 3.8) is 0 Å². The van der Waals surface area contributed by atoms with E-state index < -0.39 is 11.9 Å². The summed E-state index contributed by atoms with van der Waals surface area (Å²) in [6.45, 7) is 3.76. The molecule has 0 heterocycles. The van der Waals surface area contributed by atoms with Gasteiger partial charge in [0.25, 0.3) is 0 Å². The Morgan fingerprint density at radius 2 is 1.42 bits per heavy atom. The van der Waals surface area contributed by atoms with E-state index in [4.69, 9.17) is 9.47 Å². The van der Waals surface area contributed by atoms with Crippen LogP contribution in [-0.4, -0.2) is 31.0 Å². The number of nitrogens with zero attached hydrogens (tertiary/aromatic N) is 2. The summed E-state index contributed by atoms with van der Waals surface area (Å²) in [5.41, 5.74) is 3.12. The van der Waals surface area contributed by atoms with Crippen LogP contribution in [-0.2, 0) is 16.0 Å². The maximum Gasteiger partial charge on any atom is 0.343 e. The molecule has 0 spiro atoms. The van der Waals surface area contributed by atoms with Crippen LogP contribution in [0.5, 0.6) is 5.75 Å². The largest absolute Gasteiger partial charge is 0.463 e. The molecule has 3 rings (SSSR count). The van der Waals surface area contributed by atoms with Crippen LogP contribution >= 0.6 is 0 Å². The Hall–Kier alpha value is -4.39. The maximum atomic E-state index is 12.9. The summed E-state index contributed by atoms with van der Waals surface area (Å²) in [5, 5.41) is 7.91. The van der Waals surface area contributed by atoms with Gasteiger partial charge in [-0.25, -0.2) is 14.0 Å². The van der Waals surface area contributed by atoms with Gasteiger partial charge in [0.1, 0.15) is 11.6 Å². The Bertz CT molecular complexity index is 1200. The lowest BCUT2D eigenvalue weighted by Crippen LogP contribution is -2.08. The first-order valence-corrected chi connectivity index (χ1v) is 11.6. The molecule has 0 amide bonds. The number of carbonyl (C=O) groups is 2. The Balaban J connectivity index is 1.41. The number of rotatable bonds is 12. The molecule has 184 valence electrons. The van der Waals surface area contributed by atoms with E-state index in [1.165, 1.54) is 18.3 Å². The number of halogens is 1. The molecule has 0 fully saturated rings. The highest BCUT2D eigenvalue weighted by atomic mass is 19.1. The van der Waals surface area contributed by atoms with Crippen LogP contribution in [0, 0.1) is 5.82 Å². The second kappa shape index (κ2) is 14.1. The molecule has 36 heavy (non-hydrogen) atoms. The van der Waals surface area contributed by atoms with Crippen molar-refractivity contribution in [1.82, 2.24) is 0 Å². The Morgan fingerprint density at radius 3 is 2.03 bits per heavy atom. The van der Waals surface area contributed by atoms with Gasteiger partial charge in [-0.15, -0.1) is 0 Å². The highest BCUT2D eigenvalue weighted by Crippen LogP contribution is 2.15. The fraction of sp³-hybridized carbons (Fsp3) is 0.172. The van der Waals surface area contributed by atoms with Crippen LogP contribution in [0.4, 0.5) is 4.39 Å². The van der Waals surface area contributed by atoms with Crippen LogP contribution in [0.2, 0.25) is 0 Å². The monoisotopic (exact) mass is 486 g/mol. The highest BCUT2D eigenvalue weighted by molar-refractivity contribution is 5.91. The summed E-state index contributed by atoms with van der Waals surface area (Å²) in [6, 6.07) is 20.2. The second-order valence-corrected chi connectivity index (χ2v) is 7.88. The van der Waals surface area contributed by atoms with Crippen LogP contribution in [0.1, 0.15) is 46.3 Å². The molecule has 3 aromatic carbocycles. The number of benzene rings is 3. The Kier molecular flexibility index (Phi) is 10.3. The molecule has 6 nitrogen and oxygen atoms in total. The van der Waals surface area contributed by atoms with Crippen molar-refractivity contribution in [1.29, 1.82) is 0 Å². The third-order valence-electron chi connectivity index (χ3n) is 5.15. The first-order chi connectivity index (χ1) is 17.5. The molecule has 0 N–H and O–H groups in total. The summed E-state index contributed by atoms with van der Waals surface area (Å²) >= 11 is 0. The molecule has 0 saturated carbocycles. The van der Waals surface area contributed by atoms with E-state index in [9.17, 15) is 14.0 Å². The molecule has 0 radical (unpaired) electrons. The standard InChI is InChI=1S/C29H27FN2O4/c1-2-28(33)35-19-5-3-4-6-22-7-13-25(14-8-22)29(34)36-27-17-11-24(12-18-27)21-32-31-20-23-9-15-26(30)16-10-23/h2,7-18,20-21H,1,3-6,19H2/b31-20+,32-21+. The average Bonchev–Trinajstić information content (AvgIpc) is 2.90. The third-order valence-corrected chi connectivity index (χ3v) is 5.15. The van der Waals surface area contributed by atoms with Crippen LogP contribution in [0.3, 0.4) is 0 Å². The summed E-state index contributed by atoms with van der Waals surface area (Å²) in [6.07, 6.45) is 7.84. The summed E-state index contributed by atoms with van der Waals surface area (Å²) in [7, 11) is 0. The van der Waals surface area contributed by atoms with Gasteiger partial charge >= 0.3 is 11.9 Å². The van der Waals surface area contributed by atoms with Crippen molar-refractivity contribution < 1.29 is 23.5 Å². The number of ether oxygens (including phenoxy) is 2. The Labute approximate surface area is 209 Å². The van der Waals surface area contributed by atoms with Gasteiger partial charge in [-0.3, -0.25) is 0 Å². The van der Waals surface area contributed by atoms with E-state index in [0.29, 0.717) is 17.9 Å². The molecule has 0 bridgehead atoms. The van der Waals surface area contributed by atoms with Crippen molar-refractivity contribution in [3.05, 3.63) is 114 Å². The molecule has 0 aliphatic carbocycles. The van der Waals surface area contributed by atoms with Gasteiger partial charge < -0.3 is 9.47 Å². The van der Waals surface area contributed by atoms with E-state index in [2.05, 4.69) is 16.8 Å². The molecule has 0 saturated heterocycles. The number of esters is 2. The lowest BCUT2D eigenvalue weighted by atomic mass is 10.1. The topological polar surface area (TPSA) is 77.3 Å². The molecule has 0 unspecified atom stereocenters. The Morgan fingerprint density at radius 1 is 0.806 bits per heavy atom. The number of aryl methyl sites for hydroxylation is 1. The molecule has 7 heteroatoms. The number of hydrogen-bond acceptors (Lipinski definition) is 6. The average molecular weight is 487 g/mol. The zero-order valence-electron chi connectivity index (χ0n) is 19.8. The van der Waals surface area contributed by atoms with Crippen molar-refractivity contribution in [2.75, 3.05) is 6.61 Å². The molecule has 0 atom stereocenters. The van der Waals surface area contributed by atoms with E-state index in [1.54, 1.807) is 54.7 Å². The van der Waals surface area contributed by atoms with E-state index in [1.807, 2.05) is 12.1 Å². The van der Waals surface area contributed by atoms with Crippen LogP contribution < -0.4 is 4.74 Å². The first-order valence-electron chi connectivity index (χ1n) is 11.6. The van der Waals surface area contributed by atoms with Crippen molar-refractivity contribution >= 4 is 24.4 Å². The normalized spacial score (nSPS) is 11.0. The minimum Gasteiger partial charge on any atom is -0.463 e. The van der Waals surface area contributed by atoms with E-state index >= 15 is 0 Å². The molecular formula is C29H27FN2O4. The lowest BCUT2D eigenvalue weighted by Gasteiger charge is -2.06.